The van der Waals surface area contributed by atoms with Crippen LogP contribution in [-0.2, 0) is 26.1 Å². The van der Waals surface area contributed by atoms with Gasteiger partial charge in [0.05, 0.1) is 26.7 Å². The molecule has 1 aliphatic carbocycles. The van der Waals surface area contributed by atoms with Crippen LogP contribution in [0.2, 0.25) is 0 Å². The van der Waals surface area contributed by atoms with Gasteiger partial charge in [-0.05, 0) is 55.0 Å². The summed E-state index contributed by atoms with van der Waals surface area (Å²) >= 11 is 3.59. The summed E-state index contributed by atoms with van der Waals surface area (Å²) in [6.45, 7) is 10.9. The van der Waals surface area contributed by atoms with E-state index in [1.54, 1.807) is 24.0 Å². The molecule has 1 unspecified atom stereocenters. The molecular weight excluding hydrogens is 500 g/mol. The van der Waals surface area contributed by atoms with Crippen molar-refractivity contribution in [3.05, 3.63) is 69.0 Å². The molecule has 4 rings (SSSR count). The lowest BCUT2D eigenvalue weighted by molar-refractivity contribution is -0.142. The molecule has 2 aromatic carbocycles. The molecule has 1 aliphatic heterocycles. The lowest BCUT2D eigenvalue weighted by Crippen LogP contribution is -2.44. The van der Waals surface area contributed by atoms with Crippen molar-refractivity contribution in [3.63, 3.8) is 0 Å². The van der Waals surface area contributed by atoms with Gasteiger partial charge in [0.2, 0.25) is 5.69 Å². The van der Waals surface area contributed by atoms with E-state index in [9.17, 15) is 9.59 Å². The van der Waals surface area contributed by atoms with E-state index in [1.807, 2.05) is 12.1 Å². The SMILES string of the molecule is [C-]#[N+]c1cccc(CC(=O)OCC)c1OC1CC2(CCN(C(=O)OC)CC2)c2ccc(Br)cc21. The van der Waals surface area contributed by atoms with Crippen molar-refractivity contribution in [1.29, 1.82) is 0 Å². The number of carbonyl (C=O) groups excluding carboxylic acids is 2. The Bertz CT molecular complexity index is 1130. The van der Waals surface area contributed by atoms with E-state index in [0.29, 0.717) is 36.7 Å². The van der Waals surface area contributed by atoms with Crippen LogP contribution in [0, 0.1) is 6.57 Å². The molecule has 2 aromatic rings. The van der Waals surface area contributed by atoms with Crippen molar-refractivity contribution in [1.82, 2.24) is 4.90 Å². The van der Waals surface area contributed by atoms with Gasteiger partial charge in [0.15, 0.2) is 0 Å². The molecule has 34 heavy (non-hydrogen) atoms. The minimum atomic E-state index is -0.351. The predicted octanol–water partition coefficient (Wildman–Crippen LogP) is 5.73. The summed E-state index contributed by atoms with van der Waals surface area (Å²) < 4.78 is 17.5. The number of para-hydroxylation sites is 1. The number of benzene rings is 2. The number of hydrogen-bond donors (Lipinski definition) is 0. The van der Waals surface area contributed by atoms with Crippen LogP contribution in [0.15, 0.2) is 40.9 Å². The lowest BCUT2D eigenvalue weighted by Gasteiger charge is -2.39. The molecule has 7 nitrogen and oxygen atoms in total. The van der Waals surface area contributed by atoms with Crippen molar-refractivity contribution in [2.75, 3.05) is 26.8 Å². The maximum atomic E-state index is 12.2. The topological polar surface area (TPSA) is 69.4 Å². The smallest absolute Gasteiger partial charge is 0.409 e. The minimum Gasteiger partial charge on any atom is -0.496 e. The number of esters is 1. The van der Waals surface area contributed by atoms with Crippen molar-refractivity contribution >= 4 is 33.7 Å². The third kappa shape index (κ3) is 4.62. The van der Waals surface area contributed by atoms with Crippen LogP contribution in [0.5, 0.6) is 5.75 Å². The molecule has 0 N–H and O–H groups in total. The normalized spacial score (nSPS) is 18.2. The maximum Gasteiger partial charge on any atom is 0.409 e. The number of fused-ring (bicyclic) bond motifs is 2. The van der Waals surface area contributed by atoms with Crippen molar-refractivity contribution in [3.8, 4) is 5.75 Å². The first-order valence-electron chi connectivity index (χ1n) is 11.3. The second-order valence-corrected chi connectivity index (χ2v) is 9.55. The molecule has 0 saturated carbocycles. The van der Waals surface area contributed by atoms with Gasteiger partial charge in [-0.2, -0.15) is 0 Å². The number of amides is 1. The molecule has 1 fully saturated rings. The standard InChI is InChI=1S/C26H27BrN2O5/c1-4-33-23(30)14-17-6-5-7-21(28-2)24(17)34-22-16-26(20-9-8-18(27)15-19(20)22)10-12-29(13-11-26)25(31)32-3/h5-9,15,22H,4,10-14,16H2,1,3H3. The van der Waals surface area contributed by atoms with Crippen LogP contribution in [-0.4, -0.2) is 43.8 Å². The van der Waals surface area contributed by atoms with E-state index >= 15 is 0 Å². The number of carbonyl (C=O) groups is 2. The Balaban J connectivity index is 1.66. The van der Waals surface area contributed by atoms with Gasteiger partial charge in [-0.1, -0.05) is 40.2 Å². The Hall–Kier alpha value is -3.05. The Morgan fingerprint density at radius 2 is 2.00 bits per heavy atom. The molecule has 0 radical (unpaired) electrons. The van der Waals surface area contributed by atoms with Crippen LogP contribution in [0.4, 0.5) is 10.5 Å². The molecule has 1 spiro atoms. The fraction of sp³-hybridized carbons (Fsp3) is 0.423. The van der Waals surface area contributed by atoms with E-state index in [0.717, 1.165) is 29.3 Å². The summed E-state index contributed by atoms with van der Waals surface area (Å²) in [6, 6.07) is 11.5. The van der Waals surface area contributed by atoms with Crippen LogP contribution in [0.3, 0.4) is 0 Å². The van der Waals surface area contributed by atoms with Crippen molar-refractivity contribution in [2.45, 2.75) is 44.1 Å². The van der Waals surface area contributed by atoms with E-state index in [4.69, 9.17) is 20.8 Å². The monoisotopic (exact) mass is 526 g/mol. The summed E-state index contributed by atoms with van der Waals surface area (Å²) in [5.74, 6) is 0.0845. The van der Waals surface area contributed by atoms with Gasteiger partial charge in [0.25, 0.3) is 0 Å². The highest BCUT2D eigenvalue weighted by Crippen LogP contribution is 2.53. The van der Waals surface area contributed by atoms with Gasteiger partial charge in [-0.25, -0.2) is 9.64 Å². The second kappa shape index (κ2) is 10.1. The number of ether oxygens (including phenoxy) is 3. The number of rotatable bonds is 5. The average molecular weight is 527 g/mol. The first-order chi connectivity index (χ1) is 16.4. The lowest BCUT2D eigenvalue weighted by atomic mass is 9.74. The van der Waals surface area contributed by atoms with E-state index in [1.165, 1.54) is 12.7 Å². The van der Waals surface area contributed by atoms with Crippen molar-refractivity contribution < 1.29 is 23.8 Å². The summed E-state index contributed by atoms with van der Waals surface area (Å²) in [5.41, 5.74) is 3.18. The average Bonchev–Trinajstić information content (AvgIpc) is 3.12. The van der Waals surface area contributed by atoms with Gasteiger partial charge in [0, 0.05) is 23.0 Å². The highest BCUT2D eigenvalue weighted by molar-refractivity contribution is 9.10. The molecule has 0 bridgehead atoms. The van der Waals surface area contributed by atoms with E-state index in [-0.39, 0.29) is 30.0 Å². The third-order valence-electron chi connectivity index (χ3n) is 6.76. The van der Waals surface area contributed by atoms with E-state index < -0.39 is 0 Å². The van der Waals surface area contributed by atoms with Gasteiger partial charge in [-0.3, -0.25) is 4.79 Å². The molecule has 0 aromatic heterocycles. The Morgan fingerprint density at radius 3 is 2.68 bits per heavy atom. The van der Waals surface area contributed by atoms with Gasteiger partial charge >= 0.3 is 12.1 Å². The summed E-state index contributed by atoms with van der Waals surface area (Å²) in [4.78, 5) is 29.6. The van der Waals surface area contributed by atoms with E-state index in [2.05, 4.69) is 32.9 Å². The molecule has 178 valence electrons. The summed E-state index contributed by atoms with van der Waals surface area (Å²) in [7, 11) is 1.40. The number of methoxy groups -OCH3 is 1. The van der Waals surface area contributed by atoms with Crippen molar-refractivity contribution in [2.24, 2.45) is 0 Å². The first kappa shape index (κ1) is 24.1. The third-order valence-corrected chi connectivity index (χ3v) is 7.25. The molecule has 8 heteroatoms. The number of likely N-dealkylation sites (tertiary alicyclic amines) is 1. The molecular formula is C26H27BrN2O5. The second-order valence-electron chi connectivity index (χ2n) is 8.64. The largest absolute Gasteiger partial charge is 0.496 e. The number of halogens is 1. The zero-order valence-corrected chi connectivity index (χ0v) is 20.9. The fourth-order valence-electron chi connectivity index (χ4n) is 5.13. The molecule has 1 amide bonds. The quantitative estimate of drug-likeness (QED) is 0.367. The van der Waals surface area contributed by atoms with Gasteiger partial charge in [-0.15, -0.1) is 0 Å². The molecule has 1 saturated heterocycles. The minimum absolute atomic E-state index is 0.0455. The molecule has 1 heterocycles. The maximum absolute atomic E-state index is 12.2. The Morgan fingerprint density at radius 1 is 1.24 bits per heavy atom. The van der Waals surface area contributed by atoms with Gasteiger partial charge < -0.3 is 19.1 Å². The Labute approximate surface area is 207 Å². The molecule has 1 atom stereocenters. The molecule has 2 aliphatic rings. The number of nitrogens with zero attached hydrogens (tertiary/aromatic N) is 2. The predicted molar refractivity (Wildman–Crippen MR) is 130 cm³/mol. The Kier molecular flexibility index (Phi) is 7.13. The van der Waals surface area contributed by atoms with Crippen LogP contribution < -0.4 is 4.74 Å². The van der Waals surface area contributed by atoms with Crippen LogP contribution in [0.1, 0.15) is 49.0 Å². The van der Waals surface area contributed by atoms with Crippen LogP contribution in [0.25, 0.3) is 4.85 Å². The fourth-order valence-corrected chi connectivity index (χ4v) is 5.51. The highest BCUT2D eigenvalue weighted by Gasteiger charge is 2.47. The summed E-state index contributed by atoms with van der Waals surface area (Å²) in [5, 5.41) is 0. The summed E-state index contributed by atoms with van der Waals surface area (Å²) in [6.07, 6.45) is 1.81. The zero-order valence-electron chi connectivity index (χ0n) is 19.3. The van der Waals surface area contributed by atoms with Crippen LogP contribution >= 0.6 is 15.9 Å². The van der Waals surface area contributed by atoms with Gasteiger partial charge in [0.1, 0.15) is 11.9 Å². The number of piperidine rings is 1. The zero-order chi connectivity index (χ0) is 24.3. The highest BCUT2D eigenvalue weighted by atomic mass is 79.9. The number of hydrogen-bond acceptors (Lipinski definition) is 5. The first-order valence-corrected chi connectivity index (χ1v) is 12.1.